The zero-order valence-corrected chi connectivity index (χ0v) is 58.5. The van der Waals surface area contributed by atoms with Gasteiger partial charge in [-0.05, 0) is 230 Å². The van der Waals surface area contributed by atoms with E-state index >= 15 is 4.39 Å². The van der Waals surface area contributed by atoms with Crippen molar-refractivity contribution in [1.82, 2.24) is 15.0 Å². The Morgan fingerprint density at radius 3 is 1.74 bits per heavy atom. The van der Waals surface area contributed by atoms with Crippen LogP contribution in [0.15, 0.2) is 222 Å². The molecule has 3 aliphatic carbocycles. The number of aliphatic imine (C=N–C) groups is 2. The SMILES string of the molecule is Cc1ccc(-c2nc(-c3cc(F)cc(-c4ccc5c(c4)C(C)(C)CCC5(C)C)c3)nc(-c3ccc4sc5cc(CC6(C)CCC(C)(C)c7cc(-c8cc(C)cc(C9=N/C(c%10ccccc%10)=C/CCC(c%10ccc%11c(c%10)-c%10ccccc%10C%11(C)C)=N9)c8)ccc76)ccc5c4c3)n2)cc1. The molecule has 1 aliphatic heterocycles. The zero-order valence-electron chi connectivity index (χ0n) is 57.7. The van der Waals surface area contributed by atoms with Gasteiger partial charge in [-0.1, -0.05) is 220 Å². The predicted molar refractivity (Wildman–Crippen MR) is 405 cm³/mol. The van der Waals surface area contributed by atoms with Crippen LogP contribution in [0.1, 0.15) is 168 Å². The predicted octanol–water partition coefficient (Wildman–Crippen LogP) is 23.6. The Labute approximate surface area is 575 Å². The van der Waals surface area contributed by atoms with Gasteiger partial charge in [-0.2, -0.15) is 0 Å². The van der Waals surface area contributed by atoms with Gasteiger partial charge in [0.2, 0.25) is 0 Å². The third kappa shape index (κ3) is 11.3. The van der Waals surface area contributed by atoms with Crippen molar-refractivity contribution < 1.29 is 4.39 Å². The molecule has 0 bridgehead atoms. The maximum absolute atomic E-state index is 16.1. The van der Waals surface area contributed by atoms with Crippen LogP contribution in [0.25, 0.3) is 93.4 Å². The molecule has 3 heterocycles. The molecule has 0 fully saturated rings. The van der Waals surface area contributed by atoms with Gasteiger partial charge in [0.15, 0.2) is 23.3 Å². The minimum absolute atomic E-state index is 0.0145. The number of aryl methyl sites for hydroxylation is 2. The number of hydrogen-bond donors (Lipinski definition) is 0. The van der Waals surface area contributed by atoms with Crippen LogP contribution in [-0.4, -0.2) is 26.5 Å². The fourth-order valence-electron chi connectivity index (χ4n) is 16.3. The van der Waals surface area contributed by atoms with Crippen molar-refractivity contribution in [3.63, 3.8) is 0 Å². The van der Waals surface area contributed by atoms with Gasteiger partial charge in [-0.3, -0.25) is 0 Å². The Morgan fingerprint density at radius 1 is 0.392 bits per heavy atom. The Bertz CT molecular complexity index is 5310. The molecule has 480 valence electrons. The van der Waals surface area contributed by atoms with Gasteiger partial charge >= 0.3 is 0 Å². The topological polar surface area (TPSA) is 63.4 Å². The van der Waals surface area contributed by atoms with Crippen LogP contribution in [0.5, 0.6) is 0 Å². The second-order valence-electron chi connectivity index (χ2n) is 31.0. The van der Waals surface area contributed by atoms with Crippen LogP contribution in [0, 0.1) is 19.7 Å². The van der Waals surface area contributed by atoms with E-state index in [1.54, 1.807) is 12.1 Å². The van der Waals surface area contributed by atoms with Crippen molar-refractivity contribution >= 4 is 48.8 Å². The van der Waals surface area contributed by atoms with Gasteiger partial charge in [0.1, 0.15) is 5.82 Å². The molecule has 0 saturated heterocycles. The molecule has 1 unspecified atom stereocenters. The number of nitrogens with zero attached hydrogens (tertiary/aromatic N) is 5. The molecule has 2 aromatic heterocycles. The molecular formula is C90H82FN5S. The number of benzene rings is 10. The zero-order chi connectivity index (χ0) is 66.9. The van der Waals surface area contributed by atoms with E-state index in [9.17, 15) is 0 Å². The lowest BCUT2D eigenvalue weighted by molar-refractivity contribution is 0.310. The summed E-state index contributed by atoms with van der Waals surface area (Å²) in [7, 11) is 0. The number of hydrogen-bond acceptors (Lipinski definition) is 6. The van der Waals surface area contributed by atoms with Crippen LogP contribution in [0.2, 0.25) is 0 Å². The number of halogens is 1. The molecule has 1 atom stereocenters. The number of fused-ring (bicyclic) bond motifs is 8. The van der Waals surface area contributed by atoms with Crippen molar-refractivity contribution in [2.75, 3.05) is 0 Å². The average Bonchev–Trinajstić information content (AvgIpc) is 1.53. The Morgan fingerprint density at radius 2 is 0.979 bits per heavy atom. The third-order valence-corrected chi connectivity index (χ3v) is 23.4. The second-order valence-corrected chi connectivity index (χ2v) is 32.0. The van der Waals surface area contributed by atoms with Gasteiger partial charge in [-0.15, -0.1) is 11.3 Å². The van der Waals surface area contributed by atoms with E-state index in [0.29, 0.717) is 23.0 Å². The summed E-state index contributed by atoms with van der Waals surface area (Å²) in [4.78, 5) is 26.5. The van der Waals surface area contributed by atoms with E-state index in [1.165, 1.54) is 81.5 Å². The highest BCUT2D eigenvalue weighted by Gasteiger charge is 2.41. The maximum atomic E-state index is 16.1. The highest BCUT2D eigenvalue weighted by Crippen LogP contribution is 2.52. The molecular weight excluding hydrogens is 1200 g/mol. The lowest BCUT2D eigenvalue weighted by atomic mass is 9.60. The third-order valence-electron chi connectivity index (χ3n) is 22.2. The molecule has 0 amide bonds. The molecule has 0 spiro atoms. The van der Waals surface area contributed by atoms with E-state index in [-0.39, 0.29) is 32.9 Å². The Balaban J connectivity index is 0.713. The summed E-state index contributed by atoms with van der Waals surface area (Å²) in [5, 5.41) is 2.37. The van der Waals surface area contributed by atoms with Gasteiger partial charge < -0.3 is 0 Å². The summed E-state index contributed by atoms with van der Waals surface area (Å²) < 4.78 is 18.6. The van der Waals surface area contributed by atoms with Crippen molar-refractivity contribution in [2.24, 2.45) is 9.98 Å². The number of allylic oxidation sites excluding steroid dienone is 1. The highest BCUT2D eigenvalue weighted by molar-refractivity contribution is 7.25. The summed E-state index contributed by atoms with van der Waals surface area (Å²) in [6.07, 6.45) is 9.25. The summed E-state index contributed by atoms with van der Waals surface area (Å²) >= 11 is 1.84. The van der Waals surface area contributed by atoms with E-state index in [2.05, 4.69) is 270 Å². The molecule has 0 N–H and O–H groups in total. The molecule has 7 heteroatoms. The van der Waals surface area contributed by atoms with Crippen LogP contribution < -0.4 is 0 Å². The standard InChI is InChI=1S/C90H82FN5S/c1-54-24-27-58(28-25-54)82-94-83(96-85(95-82)66-46-64(47-67(91)48-66)60-29-35-74-76(51-60)87(5,6)39-38-86(74,3)4)62-32-37-80-71(50-62)69-33-26-56(44-81(69)97-80)53-90(11)41-40-88(7,8)77-52-59(30-36-75(77)90)63-42-55(2)43-65(45-63)84-92-78(57-18-13-12-14-19-57)22-17-23-79(93-84)61-31-34-73-70(49-61)68-20-15-16-21-72(68)89(73,9)10/h12-16,18-22,24-37,42-52H,17,23,38-41,53H2,1-11H3/b78-22+,92-84?,93-79?. The lowest BCUT2D eigenvalue weighted by Crippen LogP contribution is -2.37. The van der Waals surface area contributed by atoms with Crippen LogP contribution in [0.3, 0.4) is 0 Å². The second kappa shape index (κ2) is 23.3. The molecule has 4 aliphatic rings. The smallest absolute Gasteiger partial charge is 0.164 e. The number of amidine groups is 1. The van der Waals surface area contributed by atoms with Crippen molar-refractivity contribution in [3.8, 4) is 67.5 Å². The maximum Gasteiger partial charge on any atom is 0.164 e. The number of aromatic nitrogens is 3. The molecule has 0 saturated carbocycles. The highest BCUT2D eigenvalue weighted by atomic mass is 32.1. The molecule has 16 rings (SSSR count). The normalized spacial score (nSPS) is 18.6. The van der Waals surface area contributed by atoms with Crippen molar-refractivity contribution in [2.45, 2.75) is 148 Å². The summed E-state index contributed by atoms with van der Waals surface area (Å²) in [5.41, 5.74) is 26.3. The number of rotatable bonds is 10. The summed E-state index contributed by atoms with van der Waals surface area (Å²) in [6.45, 7) is 25.6. The molecule has 5 nitrogen and oxygen atoms in total. The van der Waals surface area contributed by atoms with Crippen LogP contribution in [0.4, 0.5) is 4.39 Å². The van der Waals surface area contributed by atoms with Crippen molar-refractivity contribution in [1.29, 1.82) is 0 Å². The van der Waals surface area contributed by atoms with E-state index in [0.717, 1.165) is 112 Å². The Hall–Kier alpha value is -9.56. The van der Waals surface area contributed by atoms with Gasteiger partial charge in [0, 0.05) is 47.8 Å². The van der Waals surface area contributed by atoms with E-state index in [4.69, 9.17) is 24.9 Å². The molecule has 0 radical (unpaired) electrons. The van der Waals surface area contributed by atoms with Gasteiger partial charge in [0.25, 0.3) is 0 Å². The fraction of sp³-hybridized carbons (Fsp3) is 0.256. The minimum atomic E-state index is -0.331. The molecule has 97 heavy (non-hydrogen) atoms. The first-order valence-corrected chi connectivity index (χ1v) is 35.5. The Kier molecular flexibility index (Phi) is 15.0. The summed E-state index contributed by atoms with van der Waals surface area (Å²) in [5.74, 6) is 1.92. The van der Waals surface area contributed by atoms with Crippen molar-refractivity contribution in [3.05, 3.63) is 285 Å². The summed E-state index contributed by atoms with van der Waals surface area (Å²) in [6, 6.07) is 74.5. The minimum Gasteiger partial charge on any atom is -0.232 e. The molecule has 12 aromatic rings. The van der Waals surface area contributed by atoms with E-state index < -0.39 is 0 Å². The number of thiophene rings is 1. The quantitative estimate of drug-likeness (QED) is 0.137. The van der Waals surface area contributed by atoms with Crippen LogP contribution >= 0.6 is 11.3 Å². The van der Waals surface area contributed by atoms with Crippen LogP contribution in [-0.2, 0) is 33.5 Å². The first-order chi connectivity index (χ1) is 46.5. The molecule has 10 aromatic carbocycles. The first kappa shape index (κ1) is 62.3. The van der Waals surface area contributed by atoms with E-state index in [1.807, 2.05) is 17.4 Å². The van der Waals surface area contributed by atoms with Gasteiger partial charge in [-0.25, -0.2) is 29.3 Å². The fourth-order valence-corrected chi connectivity index (χ4v) is 17.5. The lowest BCUT2D eigenvalue weighted by Gasteiger charge is -2.44. The monoisotopic (exact) mass is 1280 g/mol. The first-order valence-electron chi connectivity index (χ1n) is 34.7. The largest absolute Gasteiger partial charge is 0.232 e. The van der Waals surface area contributed by atoms with Gasteiger partial charge in [0.05, 0.1) is 11.4 Å². The average molecular weight is 1280 g/mol.